The van der Waals surface area contributed by atoms with Gasteiger partial charge in [0, 0.05) is 0 Å². The molecule has 14 heavy (non-hydrogen) atoms. The third kappa shape index (κ3) is 2.64. The summed E-state index contributed by atoms with van der Waals surface area (Å²) in [6, 6.07) is 5.21. The molecule has 1 atom stereocenters. The number of hydrogen-bond acceptors (Lipinski definition) is 2. The highest BCUT2D eigenvalue weighted by Gasteiger charge is 2.13. The zero-order valence-electron chi connectivity index (χ0n) is 7.95. The number of carbonyl (C=O) groups is 1. The fourth-order valence-electron chi connectivity index (χ4n) is 0.942. The van der Waals surface area contributed by atoms with E-state index in [-0.39, 0.29) is 0 Å². The molecule has 1 aromatic rings. The molecule has 3 nitrogen and oxygen atoms in total. The summed E-state index contributed by atoms with van der Waals surface area (Å²) < 4.78 is 5.13. The molecule has 0 heterocycles. The number of rotatable bonds is 3. The van der Waals surface area contributed by atoms with Gasteiger partial charge in [0.1, 0.15) is 5.75 Å². The van der Waals surface area contributed by atoms with E-state index < -0.39 is 12.1 Å². The van der Waals surface area contributed by atoms with Crippen molar-refractivity contribution in [1.82, 2.24) is 0 Å². The molecule has 4 heteroatoms. The molecule has 0 aromatic heterocycles. The van der Waals surface area contributed by atoms with E-state index in [1.54, 1.807) is 12.1 Å². The Kier molecular flexibility index (Phi) is 3.36. The molecule has 0 aliphatic carbocycles. The first-order chi connectivity index (χ1) is 6.50. The average molecular weight is 215 g/mol. The number of hydrogen-bond donors (Lipinski definition) is 1. The molecule has 0 saturated carbocycles. The Morgan fingerprint density at radius 1 is 1.57 bits per heavy atom. The second-order valence-corrected chi connectivity index (χ2v) is 3.44. The highest BCUT2D eigenvalue weighted by Crippen LogP contribution is 2.25. The molecule has 0 saturated heterocycles. The smallest absolute Gasteiger partial charge is 0.344 e. The molecule has 0 aliphatic heterocycles. The van der Waals surface area contributed by atoms with Gasteiger partial charge in [-0.25, -0.2) is 4.79 Å². The van der Waals surface area contributed by atoms with E-state index in [4.69, 9.17) is 21.4 Å². The van der Waals surface area contributed by atoms with Crippen LogP contribution >= 0.6 is 11.6 Å². The Bertz CT molecular complexity index is 349. The maximum absolute atomic E-state index is 10.5. The van der Waals surface area contributed by atoms with E-state index >= 15 is 0 Å². The molecule has 0 amide bonds. The van der Waals surface area contributed by atoms with Crippen LogP contribution in [0.4, 0.5) is 0 Å². The summed E-state index contributed by atoms with van der Waals surface area (Å²) in [5.41, 5.74) is 1.00. The molecular weight excluding hydrogens is 204 g/mol. The SMILES string of the molecule is Cc1ccc(O[C@@H](C)C(=O)O)c(Cl)c1. The van der Waals surface area contributed by atoms with Crippen LogP contribution in [0.2, 0.25) is 5.02 Å². The van der Waals surface area contributed by atoms with Gasteiger partial charge in [-0.2, -0.15) is 0 Å². The number of carboxylic acid groups (broad SMARTS) is 1. The van der Waals surface area contributed by atoms with E-state index in [1.807, 2.05) is 13.0 Å². The summed E-state index contributed by atoms with van der Waals surface area (Å²) in [5, 5.41) is 9.05. The third-order valence-electron chi connectivity index (χ3n) is 1.74. The molecule has 0 bridgehead atoms. The Labute approximate surface area is 87.3 Å². The van der Waals surface area contributed by atoms with Crippen molar-refractivity contribution in [3.63, 3.8) is 0 Å². The van der Waals surface area contributed by atoms with Crippen molar-refractivity contribution in [2.45, 2.75) is 20.0 Å². The zero-order valence-corrected chi connectivity index (χ0v) is 8.71. The molecule has 1 N–H and O–H groups in total. The van der Waals surface area contributed by atoms with Gasteiger partial charge in [-0.05, 0) is 31.5 Å². The van der Waals surface area contributed by atoms with Crippen molar-refractivity contribution in [2.24, 2.45) is 0 Å². The molecule has 1 aromatic carbocycles. The lowest BCUT2D eigenvalue weighted by Gasteiger charge is -2.11. The summed E-state index contributed by atoms with van der Waals surface area (Å²) in [6.45, 7) is 3.36. The molecule has 0 aliphatic rings. The Hall–Kier alpha value is -1.22. The molecular formula is C10H11ClO3. The van der Waals surface area contributed by atoms with Gasteiger partial charge in [0.2, 0.25) is 0 Å². The van der Waals surface area contributed by atoms with Crippen molar-refractivity contribution in [1.29, 1.82) is 0 Å². The number of halogens is 1. The molecule has 0 spiro atoms. The molecule has 0 fully saturated rings. The summed E-state index contributed by atoms with van der Waals surface area (Å²) in [5.74, 6) is -0.617. The minimum Gasteiger partial charge on any atom is -0.479 e. The number of aryl methyl sites for hydroxylation is 1. The standard InChI is InChI=1S/C10H11ClO3/c1-6-3-4-9(8(11)5-6)14-7(2)10(12)13/h3-5,7H,1-2H3,(H,12,13)/t7-/m0/s1. The second-order valence-electron chi connectivity index (χ2n) is 3.03. The predicted octanol–water partition coefficient (Wildman–Crippen LogP) is 2.50. The monoisotopic (exact) mass is 214 g/mol. The van der Waals surface area contributed by atoms with Gasteiger partial charge >= 0.3 is 5.97 Å². The molecule has 76 valence electrons. The number of benzene rings is 1. The third-order valence-corrected chi connectivity index (χ3v) is 2.03. The van der Waals surface area contributed by atoms with Crippen LogP contribution in [0.5, 0.6) is 5.75 Å². The predicted molar refractivity (Wildman–Crippen MR) is 53.9 cm³/mol. The number of carboxylic acids is 1. The second kappa shape index (κ2) is 4.33. The summed E-state index contributed by atoms with van der Waals surface area (Å²) in [7, 11) is 0. The largest absolute Gasteiger partial charge is 0.479 e. The summed E-state index contributed by atoms with van der Waals surface area (Å²) >= 11 is 5.86. The molecule has 1 rings (SSSR count). The maximum Gasteiger partial charge on any atom is 0.344 e. The number of ether oxygens (including phenoxy) is 1. The quantitative estimate of drug-likeness (QED) is 0.841. The first-order valence-electron chi connectivity index (χ1n) is 4.16. The van der Waals surface area contributed by atoms with Crippen LogP contribution in [-0.4, -0.2) is 17.2 Å². The van der Waals surface area contributed by atoms with Gasteiger partial charge in [0.05, 0.1) is 5.02 Å². The first-order valence-corrected chi connectivity index (χ1v) is 4.54. The average Bonchev–Trinajstić information content (AvgIpc) is 2.09. The van der Waals surface area contributed by atoms with Crippen LogP contribution < -0.4 is 4.74 Å². The highest BCUT2D eigenvalue weighted by molar-refractivity contribution is 6.32. The van der Waals surface area contributed by atoms with Crippen molar-refractivity contribution >= 4 is 17.6 Å². The van der Waals surface area contributed by atoms with Gasteiger partial charge < -0.3 is 9.84 Å². The van der Waals surface area contributed by atoms with Crippen molar-refractivity contribution in [2.75, 3.05) is 0 Å². The Morgan fingerprint density at radius 3 is 2.71 bits per heavy atom. The van der Waals surface area contributed by atoms with E-state index in [9.17, 15) is 4.79 Å². The van der Waals surface area contributed by atoms with Gasteiger partial charge in [-0.15, -0.1) is 0 Å². The van der Waals surface area contributed by atoms with E-state index in [0.717, 1.165) is 5.56 Å². The van der Waals surface area contributed by atoms with Gasteiger partial charge in [-0.3, -0.25) is 0 Å². The Balaban J connectivity index is 2.82. The normalized spacial score (nSPS) is 12.2. The van der Waals surface area contributed by atoms with Crippen LogP contribution in [0, 0.1) is 6.92 Å². The van der Waals surface area contributed by atoms with Gasteiger partial charge in [0.15, 0.2) is 6.10 Å². The lowest BCUT2D eigenvalue weighted by molar-refractivity contribution is -0.144. The summed E-state index contributed by atoms with van der Waals surface area (Å²) in [6.07, 6.45) is -0.893. The van der Waals surface area contributed by atoms with E-state index in [2.05, 4.69) is 0 Å². The topological polar surface area (TPSA) is 46.5 Å². The van der Waals surface area contributed by atoms with E-state index in [0.29, 0.717) is 10.8 Å². The summed E-state index contributed by atoms with van der Waals surface area (Å²) in [4.78, 5) is 10.5. The van der Waals surface area contributed by atoms with Crippen LogP contribution in [0.1, 0.15) is 12.5 Å². The lowest BCUT2D eigenvalue weighted by Crippen LogP contribution is -2.22. The van der Waals surface area contributed by atoms with Crippen LogP contribution in [0.25, 0.3) is 0 Å². The van der Waals surface area contributed by atoms with Crippen molar-refractivity contribution in [3.05, 3.63) is 28.8 Å². The maximum atomic E-state index is 10.5. The minimum atomic E-state index is -1.01. The van der Waals surface area contributed by atoms with Crippen molar-refractivity contribution in [3.8, 4) is 5.75 Å². The highest BCUT2D eigenvalue weighted by atomic mass is 35.5. The fourth-order valence-corrected chi connectivity index (χ4v) is 1.22. The number of aliphatic carboxylic acids is 1. The van der Waals surface area contributed by atoms with Crippen LogP contribution in [0.15, 0.2) is 18.2 Å². The van der Waals surface area contributed by atoms with Crippen LogP contribution in [-0.2, 0) is 4.79 Å². The zero-order chi connectivity index (χ0) is 10.7. The van der Waals surface area contributed by atoms with Crippen LogP contribution in [0.3, 0.4) is 0 Å². The first kappa shape index (κ1) is 10.9. The lowest BCUT2D eigenvalue weighted by atomic mass is 10.2. The Morgan fingerprint density at radius 2 is 2.21 bits per heavy atom. The van der Waals surface area contributed by atoms with Gasteiger partial charge in [0.25, 0.3) is 0 Å². The van der Waals surface area contributed by atoms with E-state index in [1.165, 1.54) is 6.92 Å². The minimum absolute atomic E-state index is 0.396. The van der Waals surface area contributed by atoms with Gasteiger partial charge in [-0.1, -0.05) is 17.7 Å². The fraction of sp³-hybridized carbons (Fsp3) is 0.300. The molecule has 0 unspecified atom stereocenters. The van der Waals surface area contributed by atoms with Crippen molar-refractivity contribution < 1.29 is 14.6 Å². The molecule has 0 radical (unpaired) electrons.